The number of hydrogen-bond donors (Lipinski definition) is 1. The molecule has 2 aliphatic rings. The van der Waals surface area contributed by atoms with E-state index in [2.05, 4.69) is 84.0 Å². The Hall–Kier alpha value is -4.49. The van der Waals surface area contributed by atoms with Gasteiger partial charge < -0.3 is 10.2 Å². The maximum Gasteiger partial charge on any atom is 0.179 e. The molecule has 4 heterocycles. The summed E-state index contributed by atoms with van der Waals surface area (Å²) in [6, 6.07) is 31.0. The van der Waals surface area contributed by atoms with Crippen LogP contribution in [0.4, 0.5) is 22.9 Å². The molecule has 3 aromatic carbocycles. The van der Waals surface area contributed by atoms with Crippen LogP contribution in [-0.4, -0.2) is 21.5 Å². The van der Waals surface area contributed by atoms with E-state index in [1.54, 1.807) is 11.3 Å². The highest BCUT2D eigenvalue weighted by Crippen LogP contribution is 2.49. The molecule has 0 fully saturated rings. The Kier molecular flexibility index (Phi) is 5.04. The Morgan fingerprint density at radius 1 is 0.811 bits per heavy atom. The van der Waals surface area contributed by atoms with E-state index >= 15 is 0 Å². The van der Waals surface area contributed by atoms with Crippen molar-refractivity contribution in [1.29, 1.82) is 0 Å². The Bertz CT molecular complexity index is 1660. The molecule has 0 amide bonds. The lowest BCUT2D eigenvalue weighted by atomic mass is 9.98. The molecule has 1 atom stereocenters. The third kappa shape index (κ3) is 3.58. The number of nitrogens with zero attached hydrogens (tertiary/aromatic N) is 5. The molecular weight excluding hydrogens is 476 g/mol. The van der Waals surface area contributed by atoms with Crippen LogP contribution in [0.1, 0.15) is 27.7 Å². The number of aliphatic imine (C=N–C) groups is 2. The van der Waals surface area contributed by atoms with Crippen molar-refractivity contribution in [3.05, 3.63) is 118 Å². The minimum absolute atomic E-state index is 0.0779. The molecule has 0 unspecified atom stereocenters. The summed E-state index contributed by atoms with van der Waals surface area (Å²) in [5, 5.41) is 10.7. The van der Waals surface area contributed by atoms with Gasteiger partial charge in [0.1, 0.15) is 6.04 Å². The summed E-state index contributed by atoms with van der Waals surface area (Å²) in [4.78, 5) is 13.9. The first kappa shape index (κ1) is 21.8. The number of rotatable bonds is 3. The van der Waals surface area contributed by atoms with Gasteiger partial charge in [0.05, 0.1) is 22.8 Å². The third-order valence-electron chi connectivity index (χ3n) is 6.77. The van der Waals surface area contributed by atoms with Crippen LogP contribution < -0.4 is 10.2 Å². The van der Waals surface area contributed by atoms with E-state index in [4.69, 9.17) is 15.1 Å². The van der Waals surface area contributed by atoms with Crippen molar-refractivity contribution in [3.63, 3.8) is 0 Å². The van der Waals surface area contributed by atoms with Gasteiger partial charge in [-0.25, -0.2) is 14.7 Å². The summed E-state index contributed by atoms with van der Waals surface area (Å²) >= 11 is 1.75. The molecule has 0 radical (unpaired) electrons. The van der Waals surface area contributed by atoms with Crippen LogP contribution >= 0.6 is 11.3 Å². The van der Waals surface area contributed by atoms with Crippen molar-refractivity contribution in [1.82, 2.24) is 9.78 Å². The SMILES string of the molecule is Cc1ccc(-n2nc(C)c3c2N=C2C(Nc4ccccc4)=Nc4ccccc4N2[C@H]3c2cccs2)cc1. The zero-order valence-electron chi connectivity index (χ0n) is 20.5. The van der Waals surface area contributed by atoms with Gasteiger partial charge in [-0.3, -0.25) is 0 Å². The van der Waals surface area contributed by atoms with E-state index in [9.17, 15) is 0 Å². The molecule has 180 valence electrons. The van der Waals surface area contributed by atoms with Crippen molar-refractivity contribution in [3.8, 4) is 5.69 Å². The van der Waals surface area contributed by atoms with Crippen molar-refractivity contribution in [2.75, 3.05) is 10.2 Å². The molecule has 6 nitrogen and oxygen atoms in total. The lowest BCUT2D eigenvalue weighted by Crippen LogP contribution is -2.46. The zero-order chi connectivity index (χ0) is 24.9. The number of para-hydroxylation sites is 3. The second-order valence-corrected chi connectivity index (χ2v) is 10.2. The van der Waals surface area contributed by atoms with Crippen molar-refractivity contribution in [2.24, 2.45) is 9.98 Å². The van der Waals surface area contributed by atoms with Crippen LogP contribution in [0.2, 0.25) is 0 Å². The minimum Gasteiger partial charge on any atom is -0.337 e. The summed E-state index contributed by atoms with van der Waals surface area (Å²) in [7, 11) is 0. The Morgan fingerprint density at radius 2 is 1.59 bits per heavy atom. The van der Waals surface area contributed by atoms with Gasteiger partial charge in [0.25, 0.3) is 0 Å². The van der Waals surface area contributed by atoms with E-state index in [1.165, 1.54) is 10.4 Å². The lowest BCUT2D eigenvalue weighted by Gasteiger charge is -2.40. The molecule has 2 aliphatic heterocycles. The highest BCUT2D eigenvalue weighted by molar-refractivity contribution is 7.10. The number of hydrogen-bond acceptors (Lipinski definition) is 6. The van der Waals surface area contributed by atoms with Gasteiger partial charge in [-0.05, 0) is 61.7 Å². The van der Waals surface area contributed by atoms with Crippen LogP contribution in [-0.2, 0) is 0 Å². The minimum atomic E-state index is -0.0779. The molecule has 7 heteroatoms. The van der Waals surface area contributed by atoms with Gasteiger partial charge in [0.2, 0.25) is 0 Å². The Labute approximate surface area is 219 Å². The van der Waals surface area contributed by atoms with E-state index in [0.717, 1.165) is 45.7 Å². The van der Waals surface area contributed by atoms with Crippen molar-refractivity contribution < 1.29 is 0 Å². The van der Waals surface area contributed by atoms with Crippen molar-refractivity contribution >= 4 is 45.9 Å². The average Bonchev–Trinajstić information content (AvgIpc) is 3.57. The van der Waals surface area contributed by atoms with E-state index in [-0.39, 0.29) is 6.04 Å². The second kappa shape index (κ2) is 8.57. The summed E-state index contributed by atoms with van der Waals surface area (Å²) in [5.41, 5.74) is 7.19. The first-order chi connectivity index (χ1) is 18.2. The van der Waals surface area contributed by atoms with Crippen LogP contribution in [0.5, 0.6) is 0 Å². The van der Waals surface area contributed by atoms with Crippen LogP contribution in [0, 0.1) is 13.8 Å². The fourth-order valence-electron chi connectivity index (χ4n) is 5.04. The fourth-order valence-corrected chi connectivity index (χ4v) is 5.86. The summed E-state index contributed by atoms with van der Waals surface area (Å²) in [6.07, 6.45) is 0. The molecular formula is C30H24N6S. The molecule has 7 rings (SSSR count). The Balaban J connectivity index is 1.49. The van der Waals surface area contributed by atoms with Crippen LogP contribution in [0.3, 0.4) is 0 Å². The van der Waals surface area contributed by atoms with Gasteiger partial charge in [0, 0.05) is 16.1 Å². The predicted octanol–water partition coefficient (Wildman–Crippen LogP) is 7.35. The molecule has 0 aliphatic carbocycles. The van der Waals surface area contributed by atoms with E-state index < -0.39 is 0 Å². The maximum atomic E-state index is 5.28. The van der Waals surface area contributed by atoms with Gasteiger partial charge >= 0.3 is 0 Å². The molecule has 37 heavy (non-hydrogen) atoms. The zero-order valence-corrected chi connectivity index (χ0v) is 21.3. The monoisotopic (exact) mass is 500 g/mol. The molecule has 0 saturated heterocycles. The largest absolute Gasteiger partial charge is 0.337 e. The number of benzene rings is 3. The summed E-state index contributed by atoms with van der Waals surface area (Å²) in [5.74, 6) is 2.33. The van der Waals surface area contributed by atoms with Crippen molar-refractivity contribution in [2.45, 2.75) is 19.9 Å². The first-order valence-electron chi connectivity index (χ1n) is 12.3. The van der Waals surface area contributed by atoms with Crippen LogP contribution in [0.15, 0.2) is 106 Å². The standard InChI is InChI=1S/C30H24N6S/c1-19-14-16-22(17-15-19)36-29-26(20(2)34-36)27(25-13-8-18-37-25)35-24-12-7-6-11-23(24)32-28(30(35)33-29)31-21-9-4-3-5-10-21/h3-18,27H,1-2H3,(H,31,32)/t27-/m0/s1. The number of nitrogens with one attached hydrogen (secondary N) is 1. The Morgan fingerprint density at radius 3 is 2.38 bits per heavy atom. The molecule has 5 aromatic rings. The molecule has 2 aromatic heterocycles. The highest BCUT2D eigenvalue weighted by atomic mass is 32.1. The highest BCUT2D eigenvalue weighted by Gasteiger charge is 2.41. The number of aromatic nitrogens is 2. The van der Waals surface area contributed by atoms with Gasteiger partial charge in [-0.1, -0.05) is 54.1 Å². The van der Waals surface area contributed by atoms with Gasteiger partial charge in [-0.2, -0.15) is 5.10 Å². The second-order valence-electron chi connectivity index (χ2n) is 9.23. The quantitative estimate of drug-likeness (QED) is 0.282. The van der Waals surface area contributed by atoms with E-state index in [1.807, 2.05) is 41.1 Å². The topological polar surface area (TPSA) is 57.8 Å². The molecule has 1 N–H and O–H groups in total. The smallest absolute Gasteiger partial charge is 0.179 e. The molecule has 0 saturated carbocycles. The number of aryl methyl sites for hydroxylation is 2. The van der Waals surface area contributed by atoms with Gasteiger partial charge in [-0.15, -0.1) is 11.3 Å². The number of thiophene rings is 1. The first-order valence-corrected chi connectivity index (χ1v) is 13.1. The number of fused-ring (bicyclic) bond motifs is 4. The summed E-state index contributed by atoms with van der Waals surface area (Å²) in [6.45, 7) is 4.17. The average molecular weight is 501 g/mol. The normalized spacial score (nSPS) is 15.8. The molecule has 0 bridgehead atoms. The lowest BCUT2D eigenvalue weighted by molar-refractivity contribution is 0.830. The maximum absolute atomic E-state index is 5.28. The number of amidine groups is 2. The molecule has 0 spiro atoms. The fraction of sp³-hybridized carbons (Fsp3) is 0.100. The third-order valence-corrected chi connectivity index (χ3v) is 7.69. The van der Waals surface area contributed by atoms with Gasteiger partial charge in [0.15, 0.2) is 17.5 Å². The van der Waals surface area contributed by atoms with Crippen LogP contribution in [0.25, 0.3) is 5.69 Å². The number of anilines is 2. The van der Waals surface area contributed by atoms with E-state index in [0.29, 0.717) is 5.84 Å². The predicted molar refractivity (Wildman–Crippen MR) is 152 cm³/mol. The summed E-state index contributed by atoms with van der Waals surface area (Å²) < 4.78 is 1.97.